The van der Waals surface area contributed by atoms with E-state index in [1.54, 1.807) is 7.11 Å². The van der Waals surface area contributed by atoms with Gasteiger partial charge in [0, 0.05) is 5.56 Å². The summed E-state index contributed by atoms with van der Waals surface area (Å²) in [6.07, 6.45) is 0.112. The van der Waals surface area contributed by atoms with E-state index >= 15 is 0 Å². The molecule has 1 heterocycles. The molecule has 3 nitrogen and oxygen atoms in total. The van der Waals surface area contributed by atoms with Gasteiger partial charge in [-0.2, -0.15) is 0 Å². The van der Waals surface area contributed by atoms with E-state index in [2.05, 4.69) is 0 Å². The Balaban J connectivity index is 2.16. The Hall–Kier alpha value is -1.06. The standard InChI is InChI=1S/C12H14O3/c1-3-9-8-14-12(15-9)10-6-4-5-7-11(10)13-2/h1,4-7,9,12H,3,8H2,2H3. The molecular weight excluding hydrogens is 192 g/mol. The Morgan fingerprint density at radius 2 is 2.27 bits per heavy atom. The van der Waals surface area contributed by atoms with Crippen LogP contribution in [0.4, 0.5) is 0 Å². The maximum atomic E-state index is 5.61. The van der Waals surface area contributed by atoms with Crippen LogP contribution in [-0.4, -0.2) is 19.8 Å². The summed E-state index contributed by atoms with van der Waals surface area (Å²) >= 11 is 0. The fraction of sp³-hybridized carbons (Fsp3) is 0.417. The van der Waals surface area contributed by atoms with Crippen molar-refractivity contribution in [1.82, 2.24) is 0 Å². The van der Waals surface area contributed by atoms with E-state index in [-0.39, 0.29) is 12.4 Å². The highest BCUT2D eigenvalue weighted by Gasteiger charge is 2.27. The van der Waals surface area contributed by atoms with Gasteiger partial charge in [-0.3, -0.25) is 0 Å². The second kappa shape index (κ2) is 4.64. The van der Waals surface area contributed by atoms with Crippen LogP contribution in [0.3, 0.4) is 0 Å². The van der Waals surface area contributed by atoms with E-state index in [0.29, 0.717) is 13.0 Å². The maximum absolute atomic E-state index is 5.61. The Bertz CT molecular complexity index is 324. The number of hydrogen-bond donors (Lipinski definition) is 0. The van der Waals surface area contributed by atoms with Crippen molar-refractivity contribution in [2.45, 2.75) is 18.8 Å². The van der Waals surface area contributed by atoms with Gasteiger partial charge in [0.05, 0.1) is 19.8 Å². The number of benzene rings is 1. The van der Waals surface area contributed by atoms with E-state index in [1.807, 2.05) is 24.3 Å². The molecule has 0 spiro atoms. The Morgan fingerprint density at radius 3 is 2.93 bits per heavy atom. The van der Waals surface area contributed by atoms with Crippen molar-refractivity contribution < 1.29 is 14.2 Å². The van der Waals surface area contributed by atoms with Crippen molar-refractivity contribution in [3.05, 3.63) is 36.8 Å². The van der Waals surface area contributed by atoms with Crippen molar-refractivity contribution in [3.8, 4) is 5.75 Å². The number of para-hydroxylation sites is 1. The molecule has 2 atom stereocenters. The zero-order valence-electron chi connectivity index (χ0n) is 8.68. The lowest BCUT2D eigenvalue weighted by Gasteiger charge is -2.14. The van der Waals surface area contributed by atoms with Crippen molar-refractivity contribution in [2.24, 2.45) is 0 Å². The van der Waals surface area contributed by atoms with Gasteiger partial charge in [0.1, 0.15) is 5.75 Å². The second-order valence-corrected chi connectivity index (χ2v) is 3.40. The molecule has 2 radical (unpaired) electrons. The average Bonchev–Trinajstić information content (AvgIpc) is 2.77. The molecule has 1 aliphatic rings. The Kier molecular flexibility index (Phi) is 3.23. The van der Waals surface area contributed by atoms with Crippen molar-refractivity contribution in [1.29, 1.82) is 0 Å². The van der Waals surface area contributed by atoms with Crippen LogP contribution in [0.2, 0.25) is 0 Å². The summed E-state index contributed by atoms with van der Waals surface area (Å²) in [6, 6.07) is 7.66. The molecule has 2 unspecified atom stereocenters. The molecule has 1 aromatic carbocycles. The normalized spacial score (nSPS) is 25.5. The smallest absolute Gasteiger partial charge is 0.187 e. The number of ether oxygens (including phenoxy) is 3. The first-order valence-electron chi connectivity index (χ1n) is 4.95. The van der Waals surface area contributed by atoms with Crippen LogP contribution in [0.1, 0.15) is 18.3 Å². The molecular formula is C12H14O3. The molecule has 1 aromatic rings. The first-order chi connectivity index (χ1) is 7.35. The van der Waals surface area contributed by atoms with Crippen LogP contribution >= 0.6 is 0 Å². The number of methoxy groups -OCH3 is 1. The SMILES string of the molecule is [CH]CC1COC(c2ccccc2OC)O1. The minimum absolute atomic E-state index is 0.0140. The fourth-order valence-electron chi connectivity index (χ4n) is 1.60. The van der Waals surface area contributed by atoms with E-state index < -0.39 is 0 Å². The second-order valence-electron chi connectivity index (χ2n) is 3.40. The molecule has 0 aromatic heterocycles. The van der Waals surface area contributed by atoms with Gasteiger partial charge in [-0.1, -0.05) is 18.2 Å². The van der Waals surface area contributed by atoms with Crippen molar-refractivity contribution in [3.63, 3.8) is 0 Å². The monoisotopic (exact) mass is 206 g/mol. The Morgan fingerprint density at radius 1 is 1.47 bits per heavy atom. The Labute approximate surface area is 90.0 Å². The highest BCUT2D eigenvalue weighted by molar-refractivity contribution is 5.34. The van der Waals surface area contributed by atoms with Gasteiger partial charge in [-0.25, -0.2) is 0 Å². The molecule has 80 valence electrons. The van der Waals surface area contributed by atoms with Crippen molar-refractivity contribution in [2.75, 3.05) is 13.7 Å². The summed E-state index contributed by atoms with van der Waals surface area (Å²) in [6.45, 7) is 6.05. The van der Waals surface area contributed by atoms with Crippen LogP contribution < -0.4 is 4.74 Å². The third-order valence-electron chi connectivity index (χ3n) is 2.41. The van der Waals surface area contributed by atoms with Crippen LogP contribution in [0.25, 0.3) is 0 Å². The zero-order chi connectivity index (χ0) is 10.7. The van der Waals surface area contributed by atoms with Gasteiger partial charge in [0.2, 0.25) is 0 Å². The van der Waals surface area contributed by atoms with Crippen LogP contribution in [0, 0.1) is 6.92 Å². The van der Waals surface area contributed by atoms with Crippen LogP contribution in [0.15, 0.2) is 24.3 Å². The molecule has 3 heteroatoms. The van der Waals surface area contributed by atoms with Gasteiger partial charge in [-0.15, -0.1) is 0 Å². The van der Waals surface area contributed by atoms with E-state index in [1.165, 1.54) is 0 Å². The average molecular weight is 206 g/mol. The minimum Gasteiger partial charge on any atom is -0.496 e. The van der Waals surface area contributed by atoms with E-state index in [0.717, 1.165) is 11.3 Å². The molecule has 1 aliphatic heterocycles. The fourth-order valence-corrected chi connectivity index (χ4v) is 1.60. The first kappa shape index (κ1) is 10.5. The molecule has 2 rings (SSSR count). The topological polar surface area (TPSA) is 27.7 Å². The zero-order valence-corrected chi connectivity index (χ0v) is 8.68. The summed E-state index contributed by atoms with van der Waals surface area (Å²) < 4.78 is 16.4. The summed E-state index contributed by atoms with van der Waals surface area (Å²) in [5.74, 6) is 0.778. The van der Waals surface area contributed by atoms with Gasteiger partial charge in [-0.05, 0) is 19.4 Å². The summed E-state index contributed by atoms with van der Waals surface area (Å²) in [5, 5.41) is 0. The van der Waals surface area contributed by atoms with Gasteiger partial charge in [0.25, 0.3) is 0 Å². The molecule has 0 amide bonds. The van der Waals surface area contributed by atoms with E-state index in [9.17, 15) is 0 Å². The number of hydrogen-bond acceptors (Lipinski definition) is 3. The molecule has 0 bridgehead atoms. The van der Waals surface area contributed by atoms with Gasteiger partial charge in [0.15, 0.2) is 6.29 Å². The highest BCUT2D eigenvalue weighted by Crippen LogP contribution is 2.33. The first-order valence-corrected chi connectivity index (χ1v) is 4.95. The third-order valence-corrected chi connectivity index (χ3v) is 2.41. The molecule has 0 saturated carbocycles. The van der Waals surface area contributed by atoms with Gasteiger partial charge >= 0.3 is 0 Å². The van der Waals surface area contributed by atoms with Crippen LogP contribution in [-0.2, 0) is 9.47 Å². The third kappa shape index (κ3) is 2.13. The lowest BCUT2D eigenvalue weighted by Crippen LogP contribution is -2.07. The lowest BCUT2D eigenvalue weighted by molar-refractivity contribution is -0.0607. The summed E-state index contributed by atoms with van der Waals surface area (Å²) in [4.78, 5) is 0. The molecule has 1 fully saturated rings. The highest BCUT2D eigenvalue weighted by atomic mass is 16.7. The molecule has 1 saturated heterocycles. The molecule has 0 N–H and O–H groups in total. The lowest BCUT2D eigenvalue weighted by atomic mass is 10.2. The van der Waals surface area contributed by atoms with Crippen molar-refractivity contribution >= 4 is 0 Å². The largest absolute Gasteiger partial charge is 0.496 e. The maximum Gasteiger partial charge on any atom is 0.187 e. The summed E-state index contributed by atoms with van der Waals surface area (Å²) in [5.41, 5.74) is 0.913. The van der Waals surface area contributed by atoms with Crippen LogP contribution in [0.5, 0.6) is 5.75 Å². The summed E-state index contributed by atoms with van der Waals surface area (Å²) in [7, 11) is 1.63. The molecule has 15 heavy (non-hydrogen) atoms. The number of rotatable bonds is 3. The van der Waals surface area contributed by atoms with Gasteiger partial charge < -0.3 is 14.2 Å². The molecule has 0 aliphatic carbocycles. The quantitative estimate of drug-likeness (QED) is 0.758. The predicted octanol–water partition coefficient (Wildman–Crippen LogP) is 2.21. The minimum atomic E-state index is -0.352. The predicted molar refractivity (Wildman–Crippen MR) is 55.5 cm³/mol. The van der Waals surface area contributed by atoms with E-state index in [4.69, 9.17) is 21.1 Å².